The summed E-state index contributed by atoms with van der Waals surface area (Å²) in [5.74, 6) is -0.105. The number of piperidine rings is 1. The van der Waals surface area contributed by atoms with Crippen molar-refractivity contribution in [2.45, 2.75) is 25.2 Å². The van der Waals surface area contributed by atoms with Gasteiger partial charge in [0.05, 0.1) is 11.9 Å². The molecule has 1 aliphatic rings. The third kappa shape index (κ3) is 2.12. The van der Waals surface area contributed by atoms with Gasteiger partial charge in [-0.1, -0.05) is 6.92 Å². The number of H-pyrrole nitrogens is 1. The number of carbonyl (C=O) groups is 1. The maximum Gasteiger partial charge on any atom is 0.246 e. The standard InChI is InChI=1S/C10H15N3O3S/c1-7-6-13(4-3-9(7)14)17(15,16)10-5-11-12-8(10)2/h5,7H,3-4,6H2,1-2H3,(H,11,12). The lowest BCUT2D eigenvalue weighted by Gasteiger charge is -2.28. The molecule has 6 nitrogen and oxygen atoms in total. The van der Waals surface area contributed by atoms with E-state index in [0.717, 1.165) is 0 Å². The zero-order valence-electron chi connectivity index (χ0n) is 9.80. The number of aromatic nitrogens is 2. The quantitative estimate of drug-likeness (QED) is 0.827. The molecule has 1 saturated heterocycles. The van der Waals surface area contributed by atoms with Crippen molar-refractivity contribution in [3.05, 3.63) is 11.9 Å². The first-order valence-corrected chi connectivity index (χ1v) is 6.89. The first-order chi connectivity index (χ1) is 7.93. The van der Waals surface area contributed by atoms with E-state index in [1.54, 1.807) is 13.8 Å². The SMILES string of the molecule is Cc1[nH]ncc1S(=O)(=O)N1CCC(=O)C(C)C1. The number of ketones is 1. The Kier molecular flexibility index (Phi) is 3.05. The van der Waals surface area contributed by atoms with Crippen LogP contribution in [-0.4, -0.2) is 41.8 Å². The third-order valence-electron chi connectivity index (χ3n) is 3.04. The fourth-order valence-corrected chi connectivity index (χ4v) is 3.59. The van der Waals surface area contributed by atoms with Gasteiger partial charge < -0.3 is 0 Å². The molecule has 94 valence electrons. The summed E-state index contributed by atoms with van der Waals surface area (Å²) in [6.45, 7) is 3.94. The monoisotopic (exact) mass is 257 g/mol. The lowest BCUT2D eigenvalue weighted by atomic mass is 10.0. The Balaban J connectivity index is 2.29. The van der Waals surface area contributed by atoms with Gasteiger partial charge in [0, 0.05) is 25.4 Å². The molecule has 0 aliphatic carbocycles. The van der Waals surface area contributed by atoms with Gasteiger partial charge in [0.1, 0.15) is 10.7 Å². The Hall–Kier alpha value is -1.21. The Morgan fingerprint density at radius 2 is 2.24 bits per heavy atom. The smallest absolute Gasteiger partial charge is 0.246 e. The highest BCUT2D eigenvalue weighted by molar-refractivity contribution is 7.89. The minimum atomic E-state index is -3.52. The minimum Gasteiger partial charge on any atom is -0.299 e. The van der Waals surface area contributed by atoms with Crippen LogP contribution >= 0.6 is 0 Å². The molecule has 0 spiro atoms. The number of nitrogens with one attached hydrogen (secondary N) is 1. The molecule has 1 aromatic heterocycles. The second kappa shape index (κ2) is 4.23. The van der Waals surface area contributed by atoms with E-state index in [-0.39, 0.29) is 36.1 Å². The third-order valence-corrected chi connectivity index (χ3v) is 5.02. The second-order valence-corrected chi connectivity index (χ2v) is 6.25. The maximum absolute atomic E-state index is 12.3. The van der Waals surface area contributed by atoms with E-state index in [0.29, 0.717) is 5.69 Å². The van der Waals surface area contributed by atoms with E-state index in [4.69, 9.17) is 0 Å². The highest BCUT2D eigenvalue weighted by atomic mass is 32.2. The molecule has 7 heteroatoms. The van der Waals surface area contributed by atoms with Crippen LogP contribution in [0.2, 0.25) is 0 Å². The normalized spacial score (nSPS) is 22.9. The van der Waals surface area contributed by atoms with Crippen LogP contribution in [0.5, 0.6) is 0 Å². The van der Waals surface area contributed by atoms with Crippen molar-refractivity contribution in [1.82, 2.24) is 14.5 Å². The predicted molar refractivity (Wildman–Crippen MR) is 60.9 cm³/mol. The molecule has 0 bridgehead atoms. The van der Waals surface area contributed by atoms with Gasteiger partial charge in [-0.3, -0.25) is 9.89 Å². The van der Waals surface area contributed by atoms with Gasteiger partial charge in [0.15, 0.2) is 0 Å². The molecule has 1 N–H and O–H groups in total. The Morgan fingerprint density at radius 3 is 2.76 bits per heavy atom. The summed E-state index contributed by atoms with van der Waals surface area (Å²) in [6, 6.07) is 0. The summed E-state index contributed by atoms with van der Waals surface area (Å²) in [4.78, 5) is 11.6. The molecule has 2 rings (SSSR count). The number of aromatic amines is 1. The molecule has 0 aromatic carbocycles. The van der Waals surface area contributed by atoms with Gasteiger partial charge in [-0.15, -0.1) is 0 Å². The fraction of sp³-hybridized carbons (Fsp3) is 0.600. The molecular weight excluding hydrogens is 242 g/mol. The van der Waals surface area contributed by atoms with Crippen LogP contribution in [-0.2, 0) is 14.8 Å². The maximum atomic E-state index is 12.3. The molecular formula is C10H15N3O3S. The number of hydrogen-bond acceptors (Lipinski definition) is 4. The zero-order chi connectivity index (χ0) is 12.6. The van der Waals surface area contributed by atoms with E-state index >= 15 is 0 Å². The fourth-order valence-electron chi connectivity index (χ4n) is 1.94. The summed E-state index contributed by atoms with van der Waals surface area (Å²) in [5.41, 5.74) is 0.523. The Morgan fingerprint density at radius 1 is 1.53 bits per heavy atom. The largest absolute Gasteiger partial charge is 0.299 e. The van der Waals surface area contributed by atoms with Gasteiger partial charge >= 0.3 is 0 Å². The molecule has 0 saturated carbocycles. The number of hydrogen-bond donors (Lipinski definition) is 1. The van der Waals surface area contributed by atoms with Crippen molar-refractivity contribution in [2.24, 2.45) is 5.92 Å². The Labute approximate surface area is 100 Å². The van der Waals surface area contributed by atoms with E-state index in [2.05, 4.69) is 10.2 Å². The van der Waals surface area contributed by atoms with Crippen LogP contribution in [0.4, 0.5) is 0 Å². The summed E-state index contributed by atoms with van der Waals surface area (Å²) in [7, 11) is -3.52. The lowest BCUT2D eigenvalue weighted by Crippen LogP contribution is -2.43. The van der Waals surface area contributed by atoms with Gasteiger partial charge in [0.2, 0.25) is 10.0 Å². The van der Waals surface area contributed by atoms with Gasteiger partial charge in [-0.05, 0) is 6.92 Å². The molecule has 0 amide bonds. The molecule has 2 heterocycles. The molecule has 1 aromatic rings. The number of rotatable bonds is 2. The number of carbonyl (C=O) groups excluding carboxylic acids is 1. The summed E-state index contributed by atoms with van der Waals surface area (Å²) < 4.78 is 25.9. The van der Waals surface area contributed by atoms with Crippen LogP contribution in [0.3, 0.4) is 0 Å². The van der Waals surface area contributed by atoms with Gasteiger partial charge in [0.25, 0.3) is 0 Å². The lowest BCUT2D eigenvalue weighted by molar-refractivity contribution is -0.124. The first-order valence-electron chi connectivity index (χ1n) is 5.45. The highest BCUT2D eigenvalue weighted by Crippen LogP contribution is 2.22. The van der Waals surface area contributed by atoms with Crippen molar-refractivity contribution in [2.75, 3.05) is 13.1 Å². The van der Waals surface area contributed by atoms with Crippen molar-refractivity contribution < 1.29 is 13.2 Å². The highest BCUT2D eigenvalue weighted by Gasteiger charge is 2.33. The topological polar surface area (TPSA) is 83.1 Å². The van der Waals surface area contributed by atoms with Crippen LogP contribution < -0.4 is 0 Å². The molecule has 0 radical (unpaired) electrons. The van der Waals surface area contributed by atoms with E-state index in [1.807, 2.05) is 0 Å². The minimum absolute atomic E-state index is 0.125. The number of nitrogens with zero attached hydrogens (tertiary/aromatic N) is 2. The number of sulfonamides is 1. The molecule has 17 heavy (non-hydrogen) atoms. The van der Waals surface area contributed by atoms with E-state index < -0.39 is 10.0 Å². The van der Waals surface area contributed by atoms with E-state index in [1.165, 1.54) is 10.5 Å². The molecule has 1 unspecified atom stereocenters. The average molecular weight is 257 g/mol. The zero-order valence-corrected chi connectivity index (χ0v) is 10.6. The van der Waals surface area contributed by atoms with Crippen LogP contribution in [0, 0.1) is 12.8 Å². The van der Waals surface area contributed by atoms with Gasteiger partial charge in [-0.25, -0.2) is 8.42 Å². The first kappa shape index (κ1) is 12.3. The molecule has 1 atom stereocenters. The average Bonchev–Trinajstić information content (AvgIpc) is 2.69. The predicted octanol–water partition coefficient (Wildman–Crippen LogP) is 0.318. The van der Waals surface area contributed by atoms with E-state index in [9.17, 15) is 13.2 Å². The number of aryl methyl sites for hydroxylation is 1. The second-order valence-electron chi connectivity index (χ2n) is 4.34. The van der Waals surface area contributed by atoms with Crippen LogP contribution in [0.15, 0.2) is 11.1 Å². The molecule has 1 fully saturated rings. The van der Waals surface area contributed by atoms with Crippen molar-refractivity contribution >= 4 is 15.8 Å². The summed E-state index contributed by atoms with van der Waals surface area (Å²) in [5, 5.41) is 6.33. The van der Waals surface area contributed by atoms with Crippen molar-refractivity contribution in [3.63, 3.8) is 0 Å². The number of Topliss-reactive ketones (excluding diaryl/α,β-unsaturated/α-hetero) is 1. The van der Waals surface area contributed by atoms with Crippen LogP contribution in [0.25, 0.3) is 0 Å². The summed E-state index contributed by atoms with van der Waals surface area (Å²) >= 11 is 0. The van der Waals surface area contributed by atoms with Crippen LogP contribution in [0.1, 0.15) is 19.0 Å². The van der Waals surface area contributed by atoms with Crippen molar-refractivity contribution in [1.29, 1.82) is 0 Å². The summed E-state index contributed by atoms with van der Waals surface area (Å²) in [6.07, 6.45) is 1.60. The Bertz CT molecular complexity index is 535. The van der Waals surface area contributed by atoms with Crippen molar-refractivity contribution in [3.8, 4) is 0 Å². The van der Waals surface area contributed by atoms with Gasteiger partial charge in [-0.2, -0.15) is 9.40 Å². The molecule has 1 aliphatic heterocycles.